The van der Waals surface area contributed by atoms with Crippen LogP contribution in [0.15, 0.2) is 134 Å². The standard InChI is InChI=1S/C38H31N/c1-5-6-17-29-25(2)38(3,4)32-22-23-34-37(36(29)32)31-21-20-28(26-13-8-7-9-14-26)24-35(31)39(34)33-19-12-16-27-15-10-11-18-30(27)33/h5-24H,1H2,2-4H3/b17-6-. The molecule has 39 heavy (non-hydrogen) atoms. The molecule has 0 radical (unpaired) electrons. The van der Waals surface area contributed by atoms with Gasteiger partial charge in [0.25, 0.3) is 0 Å². The minimum atomic E-state index is -0.0395. The fraction of sp³-hybridized carbons (Fsp3) is 0.105. The molecule has 1 aromatic heterocycles. The van der Waals surface area contributed by atoms with Crippen molar-refractivity contribution in [1.29, 1.82) is 0 Å². The summed E-state index contributed by atoms with van der Waals surface area (Å²) < 4.78 is 2.48. The fourth-order valence-electron chi connectivity index (χ4n) is 6.48. The van der Waals surface area contributed by atoms with Crippen LogP contribution in [0.25, 0.3) is 55.0 Å². The number of hydrogen-bond acceptors (Lipinski definition) is 0. The molecule has 1 heteroatoms. The second-order valence-corrected chi connectivity index (χ2v) is 11.1. The van der Waals surface area contributed by atoms with Gasteiger partial charge in [0.1, 0.15) is 0 Å². The smallest absolute Gasteiger partial charge is 0.0547 e. The van der Waals surface area contributed by atoms with Crippen LogP contribution in [0.4, 0.5) is 0 Å². The maximum atomic E-state index is 3.95. The van der Waals surface area contributed by atoms with E-state index >= 15 is 0 Å². The summed E-state index contributed by atoms with van der Waals surface area (Å²) in [6.07, 6.45) is 6.19. The van der Waals surface area contributed by atoms with E-state index in [4.69, 9.17) is 0 Å². The van der Waals surface area contributed by atoms with Gasteiger partial charge < -0.3 is 4.57 Å². The highest BCUT2D eigenvalue weighted by Gasteiger charge is 2.36. The van der Waals surface area contributed by atoms with Gasteiger partial charge in [0, 0.05) is 21.6 Å². The van der Waals surface area contributed by atoms with E-state index in [1.807, 2.05) is 6.08 Å². The Morgan fingerprint density at radius 2 is 1.49 bits per heavy atom. The van der Waals surface area contributed by atoms with Gasteiger partial charge in [-0.15, -0.1) is 0 Å². The molecule has 0 fully saturated rings. The van der Waals surface area contributed by atoms with Gasteiger partial charge in [0.2, 0.25) is 0 Å². The molecule has 1 aliphatic carbocycles. The Bertz CT molecular complexity index is 1990. The number of rotatable bonds is 4. The Morgan fingerprint density at radius 1 is 0.718 bits per heavy atom. The normalized spacial score (nSPS) is 14.6. The van der Waals surface area contributed by atoms with Crippen molar-refractivity contribution in [1.82, 2.24) is 4.57 Å². The second-order valence-electron chi connectivity index (χ2n) is 11.1. The molecule has 7 rings (SSSR count). The van der Waals surface area contributed by atoms with Crippen molar-refractivity contribution < 1.29 is 0 Å². The van der Waals surface area contributed by atoms with Crippen LogP contribution in [0.2, 0.25) is 0 Å². The lowest BCUT2D eigenvalue weighted by Gasteiger charge is -2.22. The molecule has 0 aliphatic heterocycles. The van der Waals surface area contributed by atoms with Crippen LogP contribution >= 0.6 is 0 Å². The topological polar surface area (TPSA) is 4.93 Å². The number of hydrogen-bond donors (Lipinski definition) is 0. The molecule has 0 saturated heterocycles. The number of aromatic nitrogens is 1. The van der Waals surface area contributed by atoms with Crippen molar-refractivity contribution in [2.45, 2.75) is 26.2 Å². The first kappa shape index (κ1) is 23.5. The van der Waals surface area contributed by atoms with Gasteiger partial charge in [0.05, 0.1) is 16.7 Å². The van der Waals surface area contributed by atoms with E-state index in [0.717, 1.165) is 0 Å². The average Bonchev–Trinajstić information content (AvgIpc) is 3.40. The zero-order valence-electron chi connectivity index (χ0n) is 22.7. The molecular formula is C38H31N. The fourth-order valence-corrected chi connectivity index (χ4v) is 6.48. The first-order valence-electron chi connectivity index (χ1n) is 13.7. The van der Waals surface area contributed by atoms with E-state index < -0.39 is 0 Å². The summed E-state index contributed by atoms with van der Waals surface area (Å²) in [5.41, 5.74) is 11.5. The van der Waals surface area contributed by atoms with Crippen LogP contribution in [-0.4, -0.2) is 4.57 Å². The zero-order valence-corrected chi connectivity index (χ0v) is 22.7. The summed E-state index contributed by atoms with van der Waals surface area (Å²) in [5.74, 6) is 0. The Kier molecular flexibility index (Phi) is 5.25. The molecule has 1 aliphatic rings. The Hall–Kier alpha value is -4.62. The third-order valence-corrected chi connectivity index (χ3v) is 8.73. The Labute approximate surface area is 230 Å². The van der Waals surface area contributed by atoms with Gasteiger partial charge in [-0.2, -0.15) is 0 Å². The summed E-state index contributed by atoms with van der Waals surface area (Å²) >= 11 is 0. The largest absolute Gasteiger partial charge is 0.309 e. The van der Waals surface area contributed by atoms with Gasteiger partial charge in [-0.3, -0.25) is 0 Å². The molecule has 0 N–H and O–H groups in total. The SMILES string of the molecule is C=C/C=C\C1=C(C)C(C)(C)c2ccc3c(c21)c1ccc(-c2ccccc2)cc1n3-c1cccc2ccccc12. The molecule has 0 bridgehead atoms. The summed E-state index contributed by atoms with van der Waals surface area (Å²) in [7, 11) is 0. The summed E-state index contributed by atoms with van der Waals surface area (Å²) in [4.78, 5) is 0. The van der Waals surface area contributed by atoms with Gasteiger partial charge in [-0.1, -0.05) is 129 Å². The molecule has 5 aromatic carbocycles. The van der Waals surface area contributed by atoms with E-state index in [1.54, 1.807) is 0 Å². The lowest BCUT2D eigenvalue weighted by molar-refractivity contribution is 0.640. The highest BCUT2D eigenvalue weighted by Crippen LogP contribution is 2.51. The second kappa shape index (κ2) is 8.71. The minimum Gasteiger partial charge on any atom is -0.309 e. The zero-order chi connectivity index (χ0) is 26.7. The molecule has 0 amide bonds. The lowest BCUT2D eigenvalue weighted by atomic mass is 9.81. The van der Waals surface area contributed by atoms with E-state index in [2.05, 4.69) is 147 Å². The summed E-state index contributed by atoms with van der Waals surface area (Å²) in [6, 6.07) is 37.7. The average molecular weight is 502 g/mol. The Balaban J connectivity index is 1.66. The first-order valence-corrected chi connectivity index (χ1v) is 13.7. The number of allylic oxidation sites excluding steroid dienone is 5. The summed E-state index contributed by atoms with van der Waals surface area (Å²) in [6.45, 7) is 10.9. The van der Waals surface area contributed by atoms with Gasteiger partial charge >= 0.3 is 0 Å². The van der Waals surface area contributed by atoms with Gasteiger partial charge in [-0.25, -0.2) is 0 Å². The molecule has 0 spiro atoms. The molecule has 188 valence electrons. The molecule has 0 unspecified atom stereocenters. The monoisotopic (exact) mass is 501 g/mol. The maximum Gasteiger partial charge on any atom is 0.0547 e. The first-order chi connectivity index (χ1) is 19.0. The quantitative estimate of drug-likeness (QED) is 0.212. The van der Waals surface area contributed by atoms with Crippen molar-refractivity contribution in [2.75, 3.05) is 0 Å². The van der Waals surface area contributed by atoms with Crippen molar-refractivity contribution in [3.63, 3.8) is 0 Å². The minimum absolute atomic E-state index is 0.0395. The van der Waals surface area contributed by atoms with Crippen molar-refractivity contribution in [2.24, 2.45) is 0 Å². The van der Waals surface area contributed by atoms with E-state index in [0.29, 0.717) is 0 Å². The number of nitrogens with zero attached hydrogens (tertiary/aromatic N) is 1. The third kappa shape index (κ3) is 3.40. The van der Waals surface area contributed by atoms with E-state index in [1.165, 1.54) is 71.7 Å². The maximum absolute atomic E-state index is 3.95. The predicted molar refractivity (Wildman–Crippen MR) is 169 cm³/mol. The summed E-state index contributed by atoms with van der Waals surface area (Å²) in [5, 5.41) is 5.10. The van der Waals surface area contributed by atoms with E-state index in [-0.39, 0.29) is 5.41 Å². The molecule has 0 saturated carbocycles. The molecule has 1 nitrogen and oxygen atoms in total. The van der Waals surface area contributed by atoms with Crippen molar-refractivity contribution >= 4 is 38.2 Å². The third-order valence-electron chi connectivity index (χ3n) is 8.73. The highest BCUT2D eigenvalue weighted by atomic mass is 15.0. The Morgan fingerprint density at radius 3 is 2.31 bits per heavy atom. The van der Waals surface area contributed by atoms with Gasteiger partial charge in [-0.05, 0) is 58.3 Å². The van der Waals surface area contributed by atoms with Crippen LogP contribution in [0.5, 0.6) is 0 Å². The van der Waals surface area contributed by atoms with Crippen LogP contribution < -0.4 is 0 Å². The van der Waals surface area contributed by atoms with Crippen molar-refractivity contribution in [3.8, 4) is 16.8 Å². The van der Waals surface area contributed by atoms with Gasteiger partial charge in [0.15, 0.2) is 0 Å². The number of fused-ring (bicyclic) bond motifs is 6. The lowest BCUT2D eigenvalue weighted by Crippen LogP contribution is -2.15. The molecule has 6 aromatic rings. The highest BCUT2D eigenvalue weighted by molar-refractivity contribution is 6.17. The van der Waals surface area contributed by atoms with Crippen molar-refractivity contribution in [3.05, 3.63) is 145 Å². The van der Waals surface area contributed by atoms with Crippen LogP contribution in [0.3, 0.4) is 0 Å². The molecule has 0 atom stereocenters. The number of benzene rings is 5. The molecular weight excluding hydrogens is 470 g/mol. The van der Waals surface area contributed by atoms with Crippen LogP contribution in [-0.2, 0) is 5.41 Å². The van der Waals surface area contributed by atoms with Crippen LogP contribution in [0.1, 0.15) is 31.9 Å². The van der Waals surface area contributed by atoms with E-state index in [9.17, 15) is 0 Å². The van der Waals surface area contributed by atoms with Crippen LogP contribution in [0, 0.1) is 0 Å². The predicted octanol–water partition coefficient (Wildman–Crippen LogP) is 10.4. The molecule has 1 heterocycles.